The Labute approximate surface area is 120 Å². The van der Waals surface area contributed by atoms with Gasteiger partial charge in [-0.1, -0.05) is 48.9 Å². The van der Waals surface area contributed by atoms with Crippen molar-refractivity contribution in [3.63, 3.8) is 0 Å². The van der Waals surface area contributed by atoms with Crippen LogP contribution in [0.3, 0.4) is 0 Å². The third kappa shape index (κ3) is 2.36. The Hall–Kier alpha value is -2.01. The van der Waals surface area contributed by atoms with E-state index < -0.39 is 0 Å². The largest absolute Gasteiger partial charge is 0.278 e. The lowest BCUT2D eigenvalue weighted by Crippen LogP contribution is -2.23. The Morgan fingerprint density at radius 2 is 2.05 bits per heavy atom. The van der Waals surface area contributed by atoms with Crippen molar-refractivity contribution in [2.75, 3.05) is 0 Å². The Bertz CT molecular complexity index is 777. The van der Waals surface area contributed by atoms with Crippen LogP contribution in [-0.2, 0) is 6.54 Å². The predicted octanol–water partition coefficient (Wildman–Crippen LogP) is 3.32. The molecule has 0 radical (unpaired) electrons. The van der Waals surface area contributed by atoms with Crippen LogP contribution in [-0.4, -0.2) is 15.0 Å². The van der Waals surface area contributed by atoms with Gasteiger partial charge in [0.25, 0.3) is 5.56 Å². The van der Waals surface area contributed by atoms with Crippen LogP contribution in [0.4, 0.5) is 0 Å². The van der Waals surface area contributed by atoms with Gasteiger partial charge < -0.3 is 0 Å². The summed E-state index contributed by atoms with van der Waals surface area (Å²) in [6.45, 7) is 2.73. The molecule has 3 rings (SSSR count). The average molecular weight is 285 g/mol. The van der Waals surface area contributed by atoms with Crippen LogP contribution in [0.1, 0.15) is 19.8 Å². The van der Waals surface area contributed by atoms with Gasteiger partial charge in [-0.2, -0.15) is 0 Å². The first kappa shape index (κ1) is 13.0. The van der Waals surface area contributed by atoms with Gasteiger partial charge in [0.2, 0.25) is 0 Å². The van der Waals surface area contributed by atoms with Crippen LogP contribution in [0, 0.1) is 0 Å². The third-order valence-electron chi connectivity index (χ3n) is 3.20. The lowest BCUT2D eigenvalue weighted by molar-refractivity contribution is 0.521. The summed E-state index contributed by atoms with van der Waals surface area (Å²) in [5, 5.41) is 8.85. The Morgan fingerprint density at radius 1 is 1.25 bits per heavy atom. The summed E-state index contributed by atoms with van der Waals surface area (Å²) >= 11 is 1.51. The summed E-state index contributed by atoms with van der Waals surface area (Å²) in [7, 11) is 0. The zero-order chi connectivity index (χ0) is 13.9. The molecule has 0 N–H and O–H groups in total. The maximum absolute atomic E-state index is 12.3. The molecule has 4 nitrogen and oxygen atoms in total. The second-order valence-corrected chi connectivity index (χ2v) is 5.70. The summed E-state index contributed by atoms with van der Waals surface area (Å²) in [6.07, 6.45) is 1.97. The zero-order valence-electron chi connectivity index (χ0n) is 11.2. The lowest BCUT2D eigenvalue weighted by Gasteiger charge is -2.00. The topological polar surface area (TPSA) is 47.8 Å². The molecule has 0 spiro atoms. The fraction of sp³-hybridized carbons (Fsp3) is 0.267. The highest BCUT2D eigenvalue weighted by Gasteiger charge is 2.10. The number of fused-ring (bicyclic) bond motifs is 1. The van der Waals surface area contributed by atoms with Crippen LogP contribution in [0.25, 0.3) is 20.7 Å². The van der Waals surface area contributed by atoms with Crippen molar-refractivity contribution in [3.05, 3.63) is 46.8 Å². The van der Waals surface area contributed by atoms with Crippen LogP contribution < -0.4 is 5.56 Å². The summed E-state index contributed by atoms with van der Waals surface area (Å²) in [5.41, 5.74) is 1.07. The summed E-state index contributed by atoms with van der Waals surface area (Å²) in [6, 6.07) is 12.0. The van der Waals surface area contributed by atoms with E-state index in [9.17, 15) is 4.79 Å². The van der Waals surface area contributed by atoms with Gasteiger partial charge in [-0.05, 0) is 18.1 Å². The van der Waals surface area contributed by atoms with Gasteiger partial charge in [-0.25, -0.2) is 4.68 Å². The average Bonchev–Trinajstić information content (AvgIpc) is 2.93. The predicted molar refractivity (Wildman–Crippen MR) is 82.0 cm³/mol. The maximum Gasteiger partial charge on any atom is 0.278 e. The second-order valence-electron chi connectivity index (χ2n) is 4.67. The fourth-order valence-corrected chi connectivity index (χ4v) is 3.05. The Kier molecular flexibility index (Phi) is 3.60. The molecule has 0 aliphatic heterocycles. The fourth-order valence-electron chi connectivity index (χ4n) is 2.08. The summed E-state index contributed by atoms with van der Waals surface area (Å²) in [5.74, 6) is 0. The van der Waals surface area contributed by atoms with E-state index in [1.165, 1.54) is 16.0 Å². The number of hydrogen-bond acceptors (Lipinski definition) is 4. The molecule has 0 bridgehead atoms. The minimum absolute atomic E-state index is 0.0399. The Balaban J connectivity index is 2.08. The number of aromatic nitrogens is 3. The van der Waals surface area contributed by atoms with E-state index in [1.54, 1.807) is 0 Å². The molecular formula is C15H15N3OS. The zero-order valence-corrected chi connectivity index (χ0v) is 12.1. The van der Waals surface area contributed by atoms with Gasteiger partial charge in [-0.15, -0.1) is 16.4 Å². The minimum atomic E-state index is -0.0399. The van der Waals surface area contributed by atoms with Crippen LogP contribution in [0.2, 0.25) is 0 Å². The molecular weight excluding hydrogens is 270 g/mol. The van der Waals surface area contributed by atoms with E-state index in [1.807, 2.05) is 36.4 Å². The quantitative estimate of drug-likeness (QED) is 0.739. The van der Waals surface area contributed by atoms with E-state index in [4.69, 9.17) is 0 Å². The molecule has 0 atom stereocenters. The van der Waals surface area contributed by atoms with Crippen molar-refractivity contribution in [1.29, 1.82) is 0 Å². The van der Waals surface area contributed by atoms with Gasteiger partial charge in [0, 0.05) is 11.4 Å². The third-order valence-corrected chi connectivity index (χ3v) is 4.27. The standard InChI is InChI=1S/C15H15N3OS/c1-2-3-9-18-15(19)12-10-13(20-14(12)16-17-18)11-7-5-4-6-8-11/h4-8,10H,2-3,9H2,1H3. The monoisotopic (exact) mass is 285 g/mol. The van der Waals surface area contributed by atoms with E-state index in [0.717, 1.165) is 23.3 Å². The van der Waals surface area contributed by atoms with Crippen molar-refractivity contribution in [1.82, 2.24) is 15.0 Å². The lowest BCUT2D eigenvalue weighted by atomic mass is 10.2. The van der Waals surface area contributed by atoms with Gasteiger partial charge in [0.1, 0.15) is 0 Å². The number of unbranched alkanes of at least 4 members (excludes halogenated alkanes) is 1. The van der Waals surface area contributed by atoms with E-state index in [0.29, 0.717) is 16.8 Å². The smallest absolute Gasteiger partial charge is 0.267 e. The molecule has 0 saturated heterocycles. The molecule has 0 saturated carbocycles. The molecule has 102 valence electrons. The van der Waals surface area contributed by atoms with Gasteiger partial charge in [0.15, 0.2) is 4.83 Å². The molecule has 0 aliphatic carbocycles. The first-order valence-corrected chi connectivity index (χ1v) is 7.54. The molecule has 5 heteroatoms. The number of nitrogens with zero attached hydrogens (tertiary/aromatic N) is 3. The number of thiophene rings is 1. The highest BCUT2D eigenvalue weighted by molar-refractivity contribution is 7.21. The van der Waals surface area contributed by atoms with Crippen molar-refractivity contribution in [2.45, 2.75) is 26.3 Å². The molecule has 0 amide bonds. The highest BCUT2D eigenvalue weighted by Crippen LogP contribution is 2.30. The van der Waals surface area contributed by atoms with Crippen molar-refractivity contribution in [3.8, 4) is 10.4 Å². The second kappa shape index (κ2) is 5.54. The van der Waals surface area contributed by atoms with Crippen LogP contribution >= 0.6 is 11.3 Å². The molecule has 0 unspecified atom stereocenters. The molecule has 0 aliphatic rings. The maximum atomic E-state index is 12.3. The van der Waals surface area contributed by atoms with Gasteiger partial charge >= 0.3 is 0 Å². The highest BCUT2D eigenvalue weighted by atomic mass is 32.1. The van der Waals surface area contributed by atoms with E-state index in [2.05, 4.69) is 17.2 Å². The van der Waals surface area contributed by atoms with Crippen molar-refractivity contribution in [2.24, 2.45) is 0 Å². The Morgan fingerprint density at radius 3 is 2.80 bits per heavy atom. The van der Waals surface area contributed by atoms with Crippen molar-refractivity contribution < 1.29 is 0 Å². The molecule has 3 aromatic rings. The first-order valence-electron chi connectivity index (χ1n) is 6.72. The first-order chi connectivity index (χ1) is 9.79. The molecule has 1 aromatic carbocycles. The van der Waals surface area contributed by atoms with Crippen LogP contribution in [0.15, 0.2) is 41.2 Å². The van der Waals surface area contributed by atoms with E-state index >= 15 is 0 Å². The summed E-state index contributed by atoms with van der Waals surface area (Å²) < 4.78 is 1.47. The summed E-state index contributed by atoms with van der Waals surface area (Å²) in [4.78, 5) is 14.1. The molecule has 0 fully saturated rings. The van der Waals surface area contributed by atoms with Gasteiger partial charge in [-0.3, -0.25) is 4.79 Å². The molecule has 2 heterocycles. The van der Waals surface area contributed by atoms with Gasteiger partial charge in [0.05, 0.1) is 5.39 Å². The number of hydrogen-bond donors (Lipinski definition) is 0. The minimum Gasteiger partial charge on any atom is -0.267 e. The molecule has 20 heavy (non-hydrogen) atoms. The molecule has 2 aromatic heterocycles. The number of benzene rings is 1. The van der Waals surface area contributed by atoms with E-state index in [-0.39, 0.29) is 5.56 Å². The van der Waals surface area contributed by atoms with Crippen molar-refractivity contribution >= 4 is 21.6 Å². The normalized spacial score (nSPS) is 11.1. The number of aryl methyl sites for hydroxylation is 1. The van der Waals surface area contributed by atoms with Crippen LogP contribution in [0.5, 0.6) is 0 Å². The SMILES string of the molecule is CCCCn1nnc2sc(-c3ccccc3)cc2c1=O. The number of rotatable bonds is 4.